The molecule has 3 rings (SSSR count). The van der Waals surface area contributed by atoms with Crippen LogP contribution in [0.1, 0.15) is 28.9 Å². The predicted octanol–water partition coefficient (Wildman–Crippen LogP) is 2.89. The average Bonchev–Trinajstić information content (AvgIpc) is 2.98. The van der Waals surface area contributed by atoms with Crippen molar-refractivity contribution in [3.63, 3.8) is 0 Å². The van der Waals surface area contributed by atoms with E-state index in [0.717, 1.165) is 0 Å². The van der Waals surface area contributed by atoms with Crippen molar-refractivity contribution >= 4 is 23.3 Å². The summed E-state index contributed by atoms with van der Waals surface area (Å²) in [6.45, 7) is 1.25. The van der Waals surface area contributed by atoms with Gasteiger partial charge in [0.15, 0.2) is 11.5 Å². The Morgan fingerprint density at radius 3 is 2.38 bits per heavy atom. The summed E-state index contributed by atoms with van der Waals surface area (Å²) in [5.74, 6) is -2.29. The van der Waals surface area contributed by atoms with Crippen molar-refractivity contribution in [1.29, 1.82) is 0 Å². The second-order valence-electron chi connectivity index (χ2n) is 6.36. The molecule has 2 aromatic rings. The van der Waals surface area contributed by atoms with E-state index < -0.39 is 29.5 Å². The predicted molar refractivity (Wildman–Crippen MR) is 104 cm³/mol. The molecule has 1 heterocycles. The lowest BCUT2D eigenvalue weighted by Crippen LogP contribution is -2.31. The largest absolute Gasteiger partial charge is 0.503 e. The maximum atomic E-state index is 12.9. The van der Waals surface area contributed by atoms with Gasteiger partial charge in [0.25, 0.3) is 5.91 Å². The molecule has 0 radical (unpaired) electrons. The number of anilines is 1. The van der Waals surface area contributed by atoms with Gasteiger partial charge in [-0.3, -0.25) is 14.5 Å². The fourth-order valence-corrected chi connectivity index (χ4v) is 3.36. The van der Waals surface area contributed by atoms with E-state index in [4.69, 9.17) is 9.47 Å². The number of carbonyl (C=O) groups excluding carboxylic acids is 2. The van der Waals surface area contributed by atoms with E-state index >= 15 is 0 Å². The first-order valence-corrected chi connectivity index (χ1v) is 8.63. The number of rotatable bonds is 6. The van der Waals surface area contributed by atoms with Crippen LogP contribution >= 0.6 is 0 Å². The molecule has 1 atom stereocenters. The van der Waals surface area contributed by atoms with E-state index in [1.54, 1.807) is 18.2 Å². The summed E-state index contributed by atoms with van der Waals surface area (Å²) < 4.78 is 10.6. The second-order valence-corrected chi connectivity index (χ2v) is 6.36. The Balaban J connectivity index is 2.24. The zero-order valence-corrected chi connectivity index (χ0v) is 16.0. The molecule has 0 aromatic heterocycles. The van der Waals surface area contributed by atoms with E-state index in [9.17, 15) is 24.6 Å². The molecule has 1 amide bonds. The number of methoxy groups -OCH3 is 2. The molecule has 2 N–H and O–H groups in total. The van der Waals surface area contributed by atoms with Gasteiger partial charge in [0, 0.05) is 17.3 Å². The van der Waals surface area contributed by atoms with Crippen molar-refractivity contribution in [2.75, 3.05) is 19.1 Å². The van der Waals surface area contributed by atoms with Crippen LogP contribution in [0.2, 0.25) is 0 Å². The summed E-state index contributed by atoms with van der Waals surface area (Å²) in [4.78, 5) is 37.7. The van der Waals surface area contributed by atoms with Gasteiger partial charge in [0.05, 0.1) is 31.4 Å². The van der Waals surface area contributed by atoms with E-state index in [1.165, 1.54) is 50.3 Å². The number of aromatic carboxylic acids is 1. The van der Waals surface area contributed by atoms with Crippen LogP contribution in [0.3, 0.4) is 0 Å². The average molecular weight is 397 g/mol. The van der Waals surface area contributed by atoms with Crippen molar-refractivity contribution in [1.82, 2.24) is 0 Å². The molecule has 0 spiro atoms. The van der Waals surface area contributed by atoms with Gasteiger partial charge in [0.2, 0.25) is 0 Å². The van der Waals surface area contributed by atoms with E-state index in [-0.39, 0.29) is 16.8 Å². The molecule has 8 nitrogen and oxygen atoms in total. The fraction of sp³-hybridized carbons (Fsp3) is 0.190. The van der Waals surface area contributed by atoms with Crippen molar-refractivity contribution in [3.05, 3.63) is 64.9 Å². The van der Waals surface area contributed by atoms with Crippen molar-refractivity contribution in [2.24, 2.45) is 0 Å². The first kappa shape index (κ1) is 19.9. The molecule has 150 valence electrons. The summed E-state index contributed by atoms with van der Waals surface area (Å²) >= 11 is 0. The Labute approximate surface area is 166 Å². The highest BCUT2D eigenvalue weighted by Gasteiger charge is 2.44. The van der Waals surface area contributed by atoms with Crippen LogP contribution in [0, 0.1) is 0 Å². The molecule has 8 heteroatoms. The molecule has 0 bridgehead atoms. The van der Waals surface area contributed by atoms with E-state index in [0.29, 0.717) is 17.1 Å². The molecule has 0 fully saturated rings. The first-order valence-electron chi connectivity index (χ1n) is 8.63. The van der Waals surface area contributed by atoms with Crippen LogP contribution in [0.5, 0.6) is 11.5 Å². The Morgan fingerprint density at radius 2 is 1.79 bits per heavy atom. The third-order valence-corrected chi connectivity index (χ3v) is 4.69. The molecule has 0 aliphatic carbocycles. The highest BCUT2D eigenvalue weighted by Crippen LogP contribution is 2.44. The van der Waals surface area contributed by atoms with Crippen LogP contribution < -0.4 is 14.4 Å². The van der Waals surface area contributed by atoms with E-state index in [1.807, 2.05) is 0 Å². The summed E-state index contributed by atoms with van der Waals surface area (Å²) in [7, 11) is 2.92. The minimum Gasteiger partial charge on any atom is -0.503 e. The van der Waals surface area contributed by atoms with Gasteiger partial charge < -0.3 is 19.7 Å². The Hall–Kier alpha value is -3.81. The van der Waals surface area contributed by atoms with Crippen molar-refractivity contribution < 1.29 is 34.1 Å². The maximum Gasteiger partial charge on any atom is 0.335 e. The lowest BCUT2D eigenvalue weighted by molar-refractivity contribution is -0.117. The number of hydrogen-bond acceptors (Lipinski definition) is 6. The quantitative estimate of drug-likeness (QED) is 0.770. The van der Waals surface area contributed by atoms with Gasteiger partial charge in [-0.15, -0.1) is 0 Å². The number of ketones is 1. The number of ether oxygens (including phenoxy) is 2. The van der Waals surface area contributed by atoms with Crippen LogP contribution in [0.15, 0.2) is 53.8 Å². The Morgan fingerprint density at radius 1 is 1.07 bits per heavy atom. The number of nitrogens with zero attached hydrogens (tertiary/aromatic N) is 1. The van der Waals surface area contributed by atoms with Gasteiger partial charge in [-0.25, -0.2) is 4.79 Å². The Kier molecular flexibility index (Phi) is 5.27. The molecule has 29 heavy (non-hydrogen) atoms. The normalized spacial score (nSPS) is 16.2. The lowest BCUT2D eigenvalue weighted by atomic mass is 9.95. The summed E-state index contributed by atoms with van der Waals surface area (Å²) in [5, 5.41) is 19.7. The number of carboxylic acid groups (broad SMARTS) is 1. The molecule has 0 unspecified atom stereocenters. The third-order valence-electron chi connectivity index (χ3n) is 4.69. The number of aliphatic hydroxyl groups is 1. The number of Topliss-reactive ketones (excluding diaryl/α,β-unsaturated/α-hetero) is 1. The SMILES string of the molecule is COc1ccc([C@@H]2C(C(C)=O)=C(O)C(=O)N2c2cccc(C(=O)O)c2)c(OC)c1. The fourth-order valence-electron chi connectivity index (χ4n) is 3.36. The highest BCUT2D eigenvalue weighted by atomic mass is 16.5. The smallest absolute Gasteiger partial charge is 0.335 e. The standard InChI is InChI=1S/C21H19NO7/c1-11(23)17-18(15-8-7-14(28-2)10-16(15)29-3)22(20(25)19(17)24)13-6-4-5-12(9-13)21(26)27/h4-10,18,24H,1-3H3,(H,26,27)/t18-/m1/s1. The Bertz CT molecular complexity index is 1040. The zero-order chi connectivity index (χ0) is 21.3. The van der Waals surface area contributed by atoms with Crippen LogP contribution in [0.25, 0.3) is 0 Å². The van der Waals surface area contributed by atoms with Gasteiger partial charge in [-0.2, -0.15) is 0 Å². The van der Waals surface area contributed by atoms with Gasteiger partial charge in [0.1, 0.15) is 11.5 Å². The van der Waals surface area contributed by atoms with Crippen molar-refractivity contribution in [3.8, 4) is 11.5 Å². The number of carboxylic acids is 1. The number of hydrogen-bond donors (Lipinski definition) is 2. The van der Waals surface area contributed by atoms with E-state index in [2.05, 4.69) is 0 Å². The molecule has 0 saturated carbocycles. The second kappa shape index (κ2) is 7.67. The van der Waals surface area contributed by atoms with Crippen LogP contribution in [0.4, 0.5) is 5.69 Å². The lowest BCUT2D eigenvalue weighted by Gasteiger charge is -2.28. The molecule has 2 aromatic carbocycles. The number of carbonyl (C=O) groups is 3. The van der Waals surface area contributed by atoms with Gasteiger partial charge >= 0.3 is 5.97 Å². The topological polar surface area (TPSA) is 113 Å². The zero-order valence-electron chi connectivity index (χ0n) is 16.0. The van der Waals surface area contributed by atoms with Crippen molar-refractivity contribution in [2.45, 2.75) is 13.0 Å². The molecule has 1 aliphatic heterocycles. The summed E-state index contributed by atoms with van der Waals surface area (Å²) in [6, 6.07) is 9.57. The molecular weight excluding hydrogens is 378 g/mol. The molecule has 0 saturated heterocycles. The van der Waals surface area contributed by atoms with Crippen LogP contribution in [-0.4, -0.2) is 42.1 Å². The third kappa shape index (κ3) is 3.40. The number of aliphatic hydroxyl groups excluding tert-OH is 1. The summed E-state index contributed by atoms with van der Waals surface area (Å²) in [5.41, 5.74) is 0.530. The van der Waals surface area contributed by atoms with Gasteiger partial charge in [-0.05, 0) is 37.3 Å². The number of amides is 1. The molecular formula is C21H19NO7. The monoisotopic (exact) mass is 397 g/mol. The summed E-state index contributed by atoms with van der Waals surface area (Å²) in [6.07, 6.45) is 0. The maximum absolute atomic E-state index is 12.9. The van der Waals surface area contributed by atoms with Crippen LogP contribution in [-0.2, 0) is 9.59 Å². The minimum absolute atomic E-state index is 0.0356. The molecule has 1 aliphatic rings. The first-order chi connectivity index (χ1) is 13.8. The minimum atomic E-state index is -1.17. The number of benzene rings is 2. The van der Waals surface area contributed by atoms with Gasteiger partial charge in [-0.1, -0.05) is 6.07 Å². The highest BCUT2D eigenvalue weighted by molar-refractivity contribution is 6.16.